The quantitative estimate of drug-likeness (QED) is 0.766. The van der Waals surface area contributed by atoms with Crippen LogP contribution in [0.2, 0.25) is 0 Å². The maximum Gasteiger partial charge on any atom is 0.255 e. The topological polar surface area (TPSA) is 63.4 Å². The number of hydrogen-bond acceptors (Lipinski definition) is 3. The minimum Gasteiger partial charge on any atom is -0.369 e. The molecule has 0 fully saturated rings. The number of hydrogen-bond donors (Lipinski definition) is 1. The zero-order chi connectivity index (χ0) is 16.8. The molecule has 0 aliphatic carbocycles. The van der Waals surface area contributed by atoms with Gasteiger partial charge in [0.05, 0.1) is 11.3 Å². The highest BCUT2D eigenvalue weighted by atomic mass is 79.9. The number of thioether (sulfide) groups is 1. The summed E-state index contributed by atoms with van der Waals surface area (Å²) in [6, 6.07) is 15.1. The summed E-state index contributed by atoms with van der Waals surface area (Å²) >= 11 is 4.68. The van der Waals surface area contributed by atoms with E-state index in [1.165, 1.54) is 11.8 Å². The van der Waals surface area contributed by atoms with E-state index in [0.717, 1.165) is 14.9 Å². The molecule has 2 N–H and O–H groups in total. The molecule has 0 aliphatic heterocycles. The summed E-state index contributed by atoms with van der Waals surface area (Å²) in [5.74, 6) is -0.332. The molecule has 0 spiro atoms. The van der Waals surface area contributed by atoms with Crippen molar-refractivity contribution in [3.05, 3.63) is 64.1 Å². The lowest BCUT2D eigenvalue weighted by Crippen LogP contribution is -2.26. The van der Waals surface area contributed by atoms with Crippen molar-refractivity contribution in [2.45, 2.75) is 11.4 Å². The second-order valence-corrected chi connectivity index (χ2v) is 6.97. The maximum atomic E-state index is 12.7. The van der Waals surface area contributed by atoms with Crippen molar-refractivity contribution in [2.24, 2.45) is 5.73 Å². The molecule has 0 unspecified atom stereocenters. The summed E-state index contributed by atoms with van der Waals surface area (Å²) in [5.41, 5.74) is 6.81. The summed E-state index contributed by atoms with van der Waals surface area (Å²) < 4.78 is 1.00. The molecule has 0 radical (unpaired) electrons. The van der Waals surface area contributed by atoms with Crippen LogP contribution in [-0.4, -0.2) is 29.5 Å². The van der Waals surface area contributed by atoms with Gasteiger partial charge in [0.25, 0.3) is 5.91 Å². The van der Waals surface area contributed by atoms with Crippen LogP contribution in [0.5, 0.6) is 0 Å². The fourth-order valence-electron chi connectivity index (χ4n) is 2.06. The van der Waals surface area contributed by atoms with Crippen molar-refractivity contribution in [1.29, 1.82) is 0 Å². The lowest BCUT2D eigenvalue weighted by molar-refractivity contribution is -0.115. The molecule has 0 bridgehead atoms. The molecule has 0 atom stereocenters. The van der Waals surface area contributed by atoms with Crippen molar-refractivity contribution >= 4 is 39.5 Å². The van der Waals surface area contributed by atoms with Crippen LogP contribution < -0.4 is 5.73 Å². The zero-order valence-corrected chi connectivity index (χ0v) is 15.1. The van der Waals surface area contributed by atoms with Gasteiger partial charge in [0.15, 0.2) is 0 Å². The maximum absolute atomic E-state index is 12.7. The van der Waals surface area contributed by atoms with Crippen molar-refractivity contribution in [3.63, 3.8) is 0 Å². The SMILES string of the molecule is CN(Cc1ccc(Br)cc1)C(=O)c1ccccc1SCC(N)=O. The fourth-order valence-corrected chi connectivity index (χ4v) is 3.11. The second kappa shape index (κ2) is 8.17. The molecule has 0 saturated carbocycles. The van der Waals surface area contributed by atoms with E-state index in [4.69, 9.17) is 5.73 Å². The van der Waals surface area contributed by atoms with Crippen LogP contribution in [0.3, 0.4) is 0 Å². The van der Waals surface area contributed by atoms with E-state index >= 15 is 0 Å². The summed E-state index contributed by atoms with van der Waals surface area (Å²) in [4.78, 5) is 26.0. The Morgan fingerprint density at radius 2 is 1.78 bits per heavy atom. The van der Waals surface area contributed by atoms with Crippen LogP contribution in [-0.2, 0) is 11.3 Å². The number of amides is 2. The Balaban J connectivity index is 2.12. The van der Waals surface area contributed by atoms with Gasteiger partial charge in [0, 0.05) is 23.0 Å². The first-order valence-corrected chi connectivity index (χ1v) is 8.75. The van der Waals surface area contributed by atoms with Crippen LogP contribution in [0.25, 0.3) is 0 Å². The van der Waals surface area contributed by atoms with E-state index in [1.807, 2.05) is 42.5 Å². The third-order valence-corrected chi connectivity index (χ3v) is 4.79. The third kappa shape index (κ3) is 5.11. The summed E-state index contributed by atoms with van der Waals surface area (Å²) in [6.45, 7) is 0.515. The first kappa shape index (κ1) is 17.6. The van der Waals surface area contributed by atoms with E-state index in [-0.39, 0.29) is 11.7 Å². The zero-order valence-electron chi connectivity index (χ0n) is 12.7. The number of nitrogens with two attached hydrogens (primary N) is 1. The van der Waals surface area contributed by atoms with Gasteiger partial charge in [-0.1, -0.05) is 40.2 Å². The molecule has 2 aromatic rings. The number of halogens is 1. The van der Waals surface area contributed by atoms with Gasteiger partial charge in [0.2, 0.25) is 5.91 Å². The largest absolute Gasteiger partial charge is 0.369 e. The molecular formula is C17H17BrN2O2S. The minimum absolute atomic E-state index is 0.0829. The predicted octanol–water partition coefficient (Wildman–Crippen LogP) is 3.30. The molecule has 0 aromatic heterocycles. The summed E-state index contributed by atoms with van der Waals surface area (Å²) in [7, 11) is 1.76. The number of carbonyl (C=O) groups is 2. The Bertz CT molecular complexity index is 704. The van der Waals surface area contributed by atoms with Crippen molar-refractivity contribution in [3.8, 4) is 0 Å². The lowest BCUT2D eigenvalue weighted by atomic mass is 10.1. The molecule has 4 nitrogen and oxygen atoms in total. The van der Waals surface area contributed by atoms with Gasteiger partial charge in [-0.05, 0) is 29.8 Å². The first-order valence-electron chi connectivity index (χ1n) is 6.97. The van der Waals surface area contributed by atoms with Crippen molar-refractivity contribution < 1.29 is 9.59 Å². The monoisotopic (exact) mass is 392 g/mol. The molecule has 2 aromatic carbocycles. The van der Waals surface area contributed by atoms with Crippen molar-refractivity contribution in [2.75, 3.05) is 12.8 Å². The molecular weight excluding hydrogens is 376 g/mol. The highest BCUT2D eigenvalue weighted by Gasteiger charge is 2.16. The Morgan fingerprint density at radius 1 is 1.13 bits per heavy atom. The Labute approximate surface area is 148 Å². The van der Waals surface area contributed by atoms with E-state index < -0.39 is 5.91 Å². The number of primary amides is 1. The third-order valence-electron chi connectivity index (χ3n) is 3.17. The van der Waals surface area contributed by atoms with E-state index in [2.05, 4.69) is 15.9 Å². The van der Waals surface area contributed by atoms with Gasteiger partial charge in [-0.15, -0.1) is 11.8 Å². The molecule has 0 heterocycles. The Morgan fingerprint density at radius 3 is 2.43 bits per heavy atom. The lowest BCUT2D eigenvalue weighted by Gasteiger charge is -2.19. The predicted molar refractivity (Wildman–Crippen MR) is 96.3 cm³/mol. The average molecular weight is 393 g/mol. The van der Waals surface area contributed by atoms with Gasteiger partial charge >= 0.3 is 0 Å². The normalized spacial score (nSPS) is 10.3. The number of carbonyl (C=O) groups excluding carboxylic acids is 2. The van der Waals surface area contributed by atoms with E-state index in [1.54, 1.807) is 18.0 Å². The van der Waals surface area contributed by atoms with Gasteiger partial charge in [-0.3, -0.25) is 9.59 Å². The Kier molecular flexibility index (Phi) is 6.24. The number of benzene rings is 2. The molecule has 2 rings (SSSR count). The minimum atomic E-state index is -0.402. The Hall–Kier alpha value is -1.79. The van der Waals surface area contributed by atoms with Gasteiger partial charge in [-0.25, -0.2) is 0 Å². The smallest absolute Gasteiger partial charge is 0.255 e. The molecule has 120 valence electrons. The molecule has 0 aliphatic rings. The van der Waals surface area contributed by atoms with Crippen LogP contribution in [0.1, 0.15) is 15.9 Å². The van der Waals surface area contributed by atoms with E-state index in [9.17, 15) is 9.59 Å². The first-order chi connectivity index (χ1) is 11.0. The highest BCUT2D eigenvalue weighted by molar-refractivity contribution is 9.10. The van der Waals surface area contributed by atoms with Crippen LogP contribution in [0, 0.1) is 0 Å². The van der Waals surface area contributed by atoms with Gasteiger partial charge in [0.1, 0.15) is 0 Å². The van der Waals surface area contributed by atoms with Gasteiger partial charge < -0.3 is 10.6 Å². The second-order valence-electron chi connectivity index (χ2n) is 5.04. The number of rotatable bonds is 6. The molecule has 2 amide bonds. The fraction of sp³-hybridized carbons (Fsp3) is 0.176. The van der Waals surface area contributed by atoms with Crippen LogP contribution in [0.15, 0.2) is 57.9 Å². The molecule has 6 heteroatoms. The van der Waals surface area contributed by atoms with E-state index in [0.29, 0.717) is 12.1 Å². The summed E-state index contributed by atoms with van der Waals surface area (Å²) in [6.07, 6.45) is 0. The number of nitrogens with zero attached hydrogens (tertiary/aromatic N) is 1. The standard InChI is InChI=1S/C17H17BrN2O2S/c1-20(10-12-6-8-13(18)9-7-12)17(22)14-4-2-3-5-15(14)23-11-16(19)21/h2-9H,10-11H2,1H3,(H2,19,21). The molecule has 0 saturated heterocycles. The average Bonchev–Trinajstić information content (AvgIpc) is 2.54. The van der Waals surface area contributed by atoms with Crippen LogP contribution >= 0.6 is 27.7 Å². The summed E-state index contributed by atoms with van der Waals surface area (Å²) in [5, 5.41) is 0. The van der Waals surface area contributed by atoms with Crippen LogP contribution in [0.4, 0.5) is 0 Å². The van der Waals surface area contributed by atoms with Crippen molar-refractivity contribution in [1.82, 2.24) is 4.90 Å². The van der Waals surface area contributed by atoms with Gasteiger partial charge in [-0.2, -0.15) is 0 Å². The molecule has 23 heavy (non-hydrogen) atoms. The highest BCUT2D eigenvalue weighted by Crippen LogP contribution is 2.24.